The van der Waals surface area contributed by atoms with Gasteiger partial charge in [0.15, 0.2) is 0 Å². The van der Waals surface area contributed by atoms with Crippen LogP contribution in [0.15, 0.2) is 48.7 Å². The Bertz CT molecular complexity index is 792. The molecule has 6 nitrogen and oxygen atoms in total. The van der Waals surface area contributed by atoms with Crippen molar-refractivity contribution in [2.24, 2.45) is 0 Å². The van der Waals surface area contributed by atoms with E-state index in [0.29, 0.717) is 11.3 Å². The van der Waals surface area contributed by atoms with E-state index in [1.54, 1.807) is 43.6 Å². The van der Waals surface area contributed by atoms with Gasteiger partial charge in [-0.15, -0.1) is 0 Å². The second kappa shape index (κ2) is 8.29. The number of pyridine rings is 1. The highest BCUT2D eigenvalue weighted by molar-refractivity contribution is 6.02. The van der Waals surface area contributed by atoms with Gasteiger partial charge in [-0.3, -0.25) is 9.59 Å². The molecule has 0 aliphatic carbocycles. The van der Waals surface area contributed by atoms with Crippen molar-refractivity contribution < 1.29 is 9.59 Å². The highest BCUT2D eigenvalue weighted by Gasteiger charge is 2.13. The summed E-state index contributed by atoms with van der Waals surface area (Å²) in [5, 5.41) is 5.37. The van der Waals surface area contributed by atoms with Crippen LogP contribution in [0.4, 0.5) is 11.5 Å². The van der Waals surface area contributed by atoms with E-state index < -0.39 is 0 Å². The first-order valence-electron chi connectivity index (χ1n) is 8.68. The molecule has 0 radical (unpaired) electrons. The van der Waals surface area contributed by atoms with Crippen molar-refractivity contribution in [3.8, 4) is 0 Å². The fraction of sp³-hybridized carbons (Fsp3) is 0.250. The van der Waals surface area contributed by atoms with Gasteiger partial charge >= 0.3 is 0 Å². The molecular formula is C20H22N4O2. The lowest BCUT2D eigenvalue weighted by molar-refractivity contribution is -0.111. The third-order valence-electron chi connectivity index (χ3n) is 4.27. The molecule has 2 heterocycles. The molecule has 0 unspecified atom stereocenters. The number of hydrogen-bond acceptors (Lipinski definition) is 4. The number of hydrogen-bond donors (Lipinski definition) is 2. The number of amides is 2. The van der Waals surface area contributed by atoms with E-state index in [0.717, 1.165) is 24.5 Å². The first kappa shape index (κ1) is 17.7. The monoisotopic (exact) mass is 350 g/mol. The number of carbonyl (C=O) groups is 2. The maximum atomic E-state index is 12.0. The molecule has 2 amide bonds. The zero-order valence-corrected chi connectivity index (χ0v) is 14.7. The fourth-order valence-corrected chi connectivity index (χ4v) is 2.84. The highest BCUT2D eigenvalue weighted by Crippen LogP contribution is 2.19. The average molecular weight is 350 g/mol. The SMILES string of the molecule is CNC(=O)c1ccc(/C=C/C(=O)Nc2ccc(N3CCCC3)nc2)cc1. The molecule has 1 aromatic heterocycles. The van der Waals surface area contributed by atoms with Crippen molar-refractivity contribution in [2.45, 2.75) is 12.8 Å². The molecule has 2 N–H and O–H groups in total. The lowest BCUT2D eigenvalue weighted by Gasteiger charge is -2.16. The van der Waals surface area contributed by atoms with Gasteiger partial charge in [0.25, 0.3) is 5.91 Å². The Hall–Kier alpha value is -3.15. The summed E-state index contributed by atoms with van der Waals surface area (Å²) in [4.78, 5) is 30.2. The van der Waals surface area contributed by atoms with E-state index in [-0.39, 0.29) is 11.8 Å². The third-order valence-corrected chi connectivity index (χ3v) is 4.27. The number of carbonyl (C=O) groups excluding carboxylic acids is 2. The number of nitrogens with one attached hydrogen (secondary N) is 2. The van der Waals surface area contributed by atoms with E-state index in [9.17, 15) is 9.59 Å². The van der Waals surface area contributed by atoms with Crippen LogP contribution >= 0.6 is 0 Å². The molecule has 3 rings (SSSR count). The van der Waals surface area contributed by atoms with Gasteiger partial charge in [0, 0.05) is 31.8 Å². The van der Waals surface area contributed by atoms with E-state index in [4.69, 9.17) is 0 Å². The van der Waals surface area contributed by atoms with E-state index in [2.05, 4.69) is 20.5 Å². The summed E-state index contributed by atoms with van der Waals surface area (Å²) in [6.45, 7) is 2.08. The lowest BCUT2D eigenvalue weighted by Crippen LogP contribution is -2.19. The Balaban J connectivity index is 1.56. The molecule has 134 valence electrons. The topological polar surface area (TPSA) is 74.3 Å². The van der Waals surface area contributed by atoms with Crippen molar-refractivity contribution in [1.82, 2.24) is 10.3 Å². The van der Waals surface area contributed by atoms with Gasteiger partial charge in [0.2, 0.25) is 5.91 Å². The summed E-state index contributed by atoms with van der Waals surface area (Å²) < 4.78 is 0. The van der Waals surface area contributed by atoms with Gasteiger partial charge < -0.3 is 15.5 Å². The molecule has 1 aliphatic rings. The molecular weight excluding hydrogens is 328 g/mol. The molecule has 1 fully saturated rings. The van der Waals surface area contributed by atoms with Crippen LogP contribution in [0, 0.1) is 0 Å². The molecule has 1 saturated heterocycles. The number of anilines is 2. The predicted octanol–water partition coefficient (Wildman–Crippen LogP) is 2.69. The van der Waals surface area contributed by atoms with Crippen LogP contribution in [0.25, 0.3) is 6.08 Å². The van der Waals surface area contributed by atoms with Crippen LogP contribution in [0.3, 0.4) is 0 Å². The van der Waals surface area contributed by atoms with Gasteiger partial charge in [-0.1, -0.05) is 12.1 Å². The summed E-state index contributed by atoms with van der Waals surface area (Å²) in [6, 6.07) is 10.8. The van der Waals surface area contributed by atoms with Crippen LogP contribution in [0.2, 0.25) is 0 Å². The minimum Gasteiger partial charge on any atom is -0.357 e. The summed E-state index contributed by atoms with van der Waals surface area (Å²) >= 11 is 0. The fourth-order valence-electron chi connectivity index (χ4n) is 2.84. The lowest BCUT2D eigenvalue weighted by atomic mass is 10.1. The first-order valence-corrected chi connectivity index (χ1v) is 8.68. The van der Waals surface area contributed by atoms with Gasteiger partial charge in [-0.25, -0.2) is 4.98 Å². The normalized spacial score (nSPS) is 13.8. The van der Waals surface area contributed by atoms with Gasteiger partial charge in [0.05, 0.1) is 11.9 Å². The Morgan fingerprint density at radius 2 is 1.81 bits per heavy atom. The Morgan fingerprint density at radius 3 is 2.42 bits per heavy atom. The number of aromatic nitrogens is 1. The molecule has 6 heteroatoms. The smallest absolute Gasteiger partial charge is 0.251 e. The minimum absolute atomic E-state index is 0.136. The minimum atomic E-state index is -0.226. The van der Waals surface area contributed by atoms with E-state index in [1.165, 1.54) is 18.9 Å². The Morgan fingerprint density at radius 1 is 1.08 bits per heavy atom. The zero-order chi connectivity index (χ0) is 18.4. The van der Waals surface area contributed by atoms with Crippen LogP contribution in [-0.4, -0.2) is 36.9 Å². The average Bonchev–Trinajstić information content (AvgIpc) is 3.21. The Labute approximate surface area is 152 Å². The summed E-state index contributed by atoms with van der Waals surface area (Å²) in [5.74, 6) is 0.589. The van der Waals surface area contributed by atoms with Crippen molar-refractivity contribution in [1.29, 1.82) is 0 Å². The van der Waals surface area contributed by atoms with E-state index >= 15 is 0 Å². The van der Waals surface area contributed by atoms with Crippen LogP contribution in [0.1, 0.15) is 28.8 Å². The quantitative estimate of drug-likeness (QED) is 0.813. The van der Waals surface area contributed by atoms with Crippen molar-refractivity contribution in [2.75, 3.05) is 30.4 Å². The maximum absolute atomic E-state index is 12.0. The largest absolute Gasteiger partial charge is 0.357 e. The van der Waals surface area contributed by atoms with Crippen molar-refractivity contribution >= 4 is 29.4 Å². The second-order valence-electron chi connectivity index (χ2n) is 6.12. The zero-order valence-electron chi connectivity index (χ0n) is 14.7. The molecule has 1 aromatic carbocycles. The van der Waals surface area contributed by atoms with Crippen LogP contribution in [0.5, 0.6) is 0 Å². The number of benzene rings is 1. The number of nitrogens with zero attached hydrogens (tertiary/aromatic N) is 2. The highest BCUT2D eigenvalue weighted by atomic mass is 16.2. The number of rotatable bonds is 5. The van der Waals surface area contributed by atoms with E-state index in [1.807, 2.05) is 12.1 Å². The second-order valence-corrected chi connectivity index (χ2v) is 6.12. The summed E-state index contributed by atoms with van der Waals surface area (Å²) in [7, 11) is 1.59. The molecule has 0 atom stereocenters. The third kappa shape index (κ3) is 4.47. The molecule has 0 bridgehead atoms. The van der Waals surface area contributed by atoms with Gasteiger partial charge in [-0.2, -0.15) is 0 Å². The summed E-state index contributed by atoms with van der Waals surface area (Å²) in [5.41, 5.74) is 2.09. The van der Waals surface area contributed by atoms with Crippen LogP contribution in [-0.2, 0) is 4.79 Å². The molecule has 2 aromatic rings. The van der Waals surface area contributed by atoms with Gasteiger partial charge in [-0.05, 0) is 48.7 Å². The molecule has 26 heavy (non-hydrogen) atoms. The van der Waals surface area contributed by atoms with Crippen LogP contribution < -0.4 is 15.5 Å². The maximum Gasteiger partial charge on any atom is 0.251 e. The first-order chi connectivity index (χ1) is 12.7. The van der Waals surface area contributed by atoms with Crippen molar-refractivity contribution in [3.05, 3.63) is 59.8 Å². The molecule has 0 saturated carbocycles. The van der Waals surface area contributed by atoms with Crippen molar-refractivity contribution in [3.63, 3.8) is 0 Å². The Kier molecular flexibility index (Phi) is 5.63. The molecule has 1 aliphatic heterocycles. The predicted molar refractivity (Wildman–Crippen MR) is 103 cm³/mol. The van der Waals surface area contributed by atoms with Gasteiger partial charge in [0.1, 0.15) is 5.82 Å². The molecule has 0 spiro atoms. The standard InChI is InChI=1S/C20H22N4O2/c1-21-20(26)16-7-4-15(5-8-16)6-11-19(25)23-17-9-10-18(22-14-17)24-12-2-3-13-24/h4-11,14H,2-3,12-13H2,1H3,(H,21,26)(H,23,25)/b11-6+. The summed E-state index contributed by atoms with van der Waals surface area (Å²) in [6.07, 6.45) is 7.25.